The van der Waals surface area contributed by atoms with Gasteiger partial charge in [0.1, 0.15) is 6.54 Å². The highest BCUT2D eigenvalue weighted by Gasteiger charge is 2.30. The van der Waals surface area contributed by atoms with Crippen LogP contribution in [0.5, 0.6) is 0 Å². The van der Waals surface area contributed by atoms with Crippen molar-refractivity contribution < 1.29 is 22.1 Å². The zero-order valence-electron chi connectivity index (χ0n) is 13.4. The molecule has 25 heavy (non-hydrogen) atoms. The van der Waals surface area contributed by atoms with Crippen molar-refractivity contribution in [2.24, 2.45) is 0 Å². The average molecular weight is 388 g/mol. The summed E-state index contributed by atoms with van der Waals surface area (Å²) in [6, 6.07) is 10.2. The minimum Gasteiger partial charge on any atom is -0.329 e. The van der Waals surface area contributed by atoms with Gasteiger partial charge in [-0.3, -0.25) is 0 Å². The third-order valence-corrected chi connectivity index (χ3v) is 6.52. The zero-order chi connectivity index (χ0) is 18.0. The Bertz CT molecular complexity index is 851. The van der Waals surface area contributed by atoms with Crippen molar-refractivity contribution in [1.29, 1.82) is 0 Å². The molecule has 1 saturated heterocycles. The first-order valence-electron chi connectivity index (χ1n) is 7.90. The van der Waals surface area contributed by atoms with E-state index in [2.05, 4.69) is 0 Å². The van der Waals surface area contributed by atoms with E-state index in [9.17, 15) is 17.2 Å². The van der Waals surface area contributed by atoms with Crippen molar-refractivity contribution in [3.05, 3.63) is 64.7 Å². The van der Waals surface area contributed by atoms with Crippen molar-refractivity contribution in [3.8, 4) is 0 Å². The lowest BCUT2D eigenvalue weighted by atomic mass is 10.2. The number of benzene rings is 2. The minimum atomic E-state index is -3.56. The van der Waals surface area contributed by atoms with Gasteiger partial charge in [0, 0.05) is 10.6 Å². The molecule has 0 amide bonds. The molecule has 134 valence electrons. The van der Waals surface area contributed by atoms with Crippen LogP contribution in [0.1, 0.15) is 5.56 Å². The molecule has 1 N–H and O–H groups in total. The molecule has 1 aliphatic rings. The first-order chi connectivity index (χ1) is 11.9. The van der Waals surface area contributed by atoms with Gasteiger partial charge in [0.05, 0.1) is 31.1 Å². The summed E-state index contributed by atoms with van der Waals surface area (Å²) < 4.78 is 53.7. The van der Waals surface area contributed by atoms with Crippen LogP contribution in [0.25, 0.3) is 0 Å². The molecule has 0 aromatic heterocycles. The molecule has 1 fully saturated rings. The highest BCUT2D eigenvalue weighted by molar-refractivity contribution is 7.89. The summed E-state index contributed by atoms with van der Waals surface area (Å²) in [4.78, 5) is 1.23. The summed E-state index contributed by atoms with van der Waals surface area (Å²) in [6.07, 6.45) is 0. The van der Waals surface area contributed by atoms with E-state index in [1.807, 2.05) is 0 Å². The lowest BCUT2D eigenvalue weighted by molar-refractivity contribution is -0.917. The van der Waals surface area contributed by atoms with Crippen LogP contribution in [0.15, 0.2) is 47.4 Å². The molecule has 0 spiro atoms. The van der Waals surface area contributed by atoms with Gasteiger partial charge in [-0.1, -0.05) is 23.7 Å². The van der Waals surface area contributed by atoms with E-state index < -0.39 is 21.7 Å². The van der Waals surface area contributed by atoms with Crippen molar-refractivity contribution in [2.75, 3.05) is 26.2 Å². The summed E-state index contributed by atoms with van der Waals surface area (Å²) in [7, 11) is -3.56. The van der Waals surface area contributed by atoms with Crippen molar-refractivity contribution in [1.82, 2.24) is 4.31 Å². The third-order valence-electron chi connectivity index (χ3n) is 4.35. The van der Waals surface area contributed by atoms with Gasteiger partial charge in [-0.2, -0.15) is 4.31 Å². The Morgan fingerprint density at radius 1 is 1.04 bits per heavy atom. The molecule has 4 nitrogen and oxygen atoms in total. The molecule has 0 unspecified atom stereocenters. The second-order valence-corrected chi connectivity index (χ2v) is 8.37. The quantitative estimate of drug-likeness (QED) is 0.867. The fourth-order valence-electron chi connectivity index (χ4n) is 2.93. The largest absolute Gasteiger partial charge is 0.329 e. The summed E-state index contributed by atoms with van der Waals surface area (Å²) in [6.45, 7) is 2.05. The highest BCUT2D eigenvalue weighted by atomic mass is 35.5. The Labute approximate surface area is 150 Å². The van der Waals surface area contributed by atoms with Crippen LogP contribution < -0.4 is 4.90 Å². The van der Waals surface area contributed by atoms with Crippen molar-refractivity contribution >= 4 is 21.6 Å². The van der Waals surface area contributed by atoms with E-state index in [1.165, 1.54) is 22.5 Å². The first-order valence-corrected chi connectivity index (χ1v) is 9.72. The molecule has 2 aromatic carbocycles. The van der Waals surface area contributed by atoms with Crippen LogP contribution in [0.3, 0.4) is 0 Å². The molecular formula is C17H18ClF2N2O2S+. The SMILES string of the molecule is O=S(=O)(c1ccc(Cl)cc1)N1CC[NH+](Cc2cccc(F)c2F)CC1. The predicted octanol–water partition coefficient (Wildman–Crippen LogP) is 1.71. The maximum atomic E-state index is 13.8. The lowest BCUT2D eigenvalue weighted by Gasteiger charge is -2.31. The van der Waals surface area contributed by atoms with E-state index in [1.54, 1.807) is 18.2 Å². The van der Waals surface area contributed by atoms with Gasteiger partial charge in [-0.05, 0) is 30.3 Å². The van der Waals surface area contributed by atoms with Gasteiger partial charge in [0.2, 0.25) is 10.0 Å². The molecule has 1 heterocycles. The number of quaternary nitrogens is 1. The summed E-state index contributed by atoms with van der Waals surface area (Å²) in [5.74, 6) is -1.69. The molecule has 0 radical (unpaired) electrons. The van der Waals surface area contributed by atoms with Gasteiger partial charge >= 0.3 is 0 Å². The Hall–Kier alpha value is -1.54. The van der Waals surface area contributed by atoms with Gasteiger partial charge < -0.3 is 4.90 Å². The Morgan fingerprint density at radius 3 is 2.32 bits per heavy atom. The van der Waals surface area contributed by atoms with Gasteiger partial charge in [0.15, 0.2) is 11.6 Å². The molecule has 0 saturated carbocycles. The monoisotopic (exact) mass is 387 g/mol. The number of hydrogen-bond donors (Lipinski definition) is 1. The summed E-state index contributed by atoms with van der Waals surface area (Å²) in [5.41, 5.74) is 0.309. The Balaban J connectivity index is 1.65. The molecular weight excluding hydrogens is 370 g/mol. The van der Waals surface area contributed by atoms with Gasteiger partial charge in [-0.15, -0.1) is 0 Å². The fraction of sp³-hybridized carbons (Fsp3) is 0.294. The number of nitrogens with one attached hydrogen (secondary N) is 1. The normalized spacial score (nSPS) is 16.9. The average Bonchev–Trinajstić information content (AvgIpc) is 2.60. The molecule has 0 bridgehead atoms. The van der Waals surface area contributed by atoms with Crippen molar-refractivity contribution in [3.63, 3.8) is 0 Å². The zero-order valence-corrected chi connectivity index (χ0v) is 15.0. The molecule has 8 heteroatoms. The van der Waals surface area contributed by atoms with Crippen LogP contribution in [-0.2, 0) is 16.6 Å². The molecule has 1 aliphatic heterocycles. The van der Waals surface area contributed by atoms with E-state index in [0.29, 0.717) is 43.3 Å². The van der Waals surface area contributed by atoms with Crippen LogP contribution in [-0.4, -0.2) is 38.9 Å². The number of piperazine rings is 1. The molecule has 0 atom stereocenters. The van der Waals surface area contributed by atoms with Crippen LogP contribution >= 0.6 is 11.6 Å². The number of hydrogen-bond acceptors (Lipinski definition) is 2. The smallest absolute Gasteiger partial charge is 0.243 e. The van der Waals surface area contributed by atoms with E-state index in [-0.39, 0.29) is 4.90 Å². The lowest BCUT2D eigenvalue weighted by Crippen LogP contribution is -3.13. The number of sulfonamides is 1. The summed E-state index contributed by atoms with van der Waals surface area (Å²) >= 11 is 5.80. The van der Waals surface area contributed by atoms with E-state index in [0.717, 1.165) is 11.0 Å². The number of rotatable bonds is 4. The standard InChI is InChI=1S/C17H17ClF2N2O2S/c18-14-4-6-15(7-5-14)25(23,24)22-10-8-21(9-11-22)12-13-2-1-3-16(19)17(13)20/h1-7H,8-12H2/p+1. The topological polar surface area (TPSA) is 41.8 Å². The first kappa shape index (κ1) is 18.3. The maximum Gasteiger partial charge on any atom is 0.243 e. The minimum absolute atomic E-state index is 0.205. The number of halogens is 3. The van der Waals surface area contributed by atoms with Gasteiger partial charge in [-0.25, -0.2) is 17.2 Å². The molecule has 2 aromatic rings. The maximum absolute atomic E-state index is 13.8. The van der Waals surface area contributed by atoms with E-state index in [4.69, 9.17) is 11.6 Å². The van der Waals surface area contributed by atoms with Crippen LogP contribution in [0.4, 0.5) is 8.78 Å². The van der Waals surface area contributed by atoms with Gasteiger partial charge in [0.25, 0.3) is 0 Å². The second-order valence-electron chi connectivity index (χ2n) is 6.00. The molecule has 3 rings (SSSR count). The Morgan fingerprint density at radius 2 is 1.68 bits per heavy atom. The van der Waals surface area contributed by atoms with Crippen molar-refractivity contribution in [2.45, 2.75) is 11.4 Å². The number of nitrogens with zero attached hydrogens (tertiary/aromatic N) is 1. The highest BCUT2D eigenvalue weighted by Crippen LogP contribution is 2.18. The van der Waals surface area contributed by atoms with Crippen LogP contribution in [0.2, 0.25) is 5.02 Å². The third kappa shape index (κ3) is 4.00. The van der Waals surface area contributed by atoms with E-state index >= 15 is 0 Å². The predicted molar refractivity (Wildman–Crippen MR) is 91.0 cm³/mol. The summed E-state index contributed by atoms with van der Waals surface area (Å²) in [5, 5.41) is 0.477. The fourth-order valence-corrected chi connectivity index (χ4v) is 4.50. The second kappa shape index (κ2) is 7.37. The molecule has 0 aliphatic carbocycles. The Kier molecular flexibility index (Phi) is 5.38. The van der Waals surface area contributed by atoms with Crippen LogP contribution in [0, 0.1) is 11.6 Å².